The van der Waals surface area contributed by atoms with E-state index in [0.29, 0.717) is 12.5 Å². The summed E-state index contributed by atoms with van der Waals surface area (Å²) >= 11 is 0. The maximum Gasteiger partial charge on any atom is 0.305 e. The summed E-state index contributed by atoms with van der Waals surface area (Å²) in [5, 5.41) is 8.57. The number of carboxylic acids is 1. The summed E-state index contributed by atoms with van der Waals surface area (Å²) in [5.74, 6) is -0.203. The summed E-state index contributed by atoms with van der Waals surface area (Å²) in [5.41, 5.74) is 0. The molecule has 15 heavy (non-hydrogen) atoms. The van der Waals surface area contributed by atoms with E-state index >= 15 is 0 Å². The zero-order valence-electron chi connectivity index (χ0n) is 10.2. The lowest BCUT2D eigenvalue weighted by molar-refractivity contribution is -0.140. The van der Waals surface area contributed by atoms with Gasteiger partial charge >= 0.3 is 5.97 Å². The minimum Gasteiger partial charge on any atom is -0.481 e. The molecule has 1 N–H and O–H groups in total. The minimum absolute atomic E-state index is 0.101. The molecule has 0 fully saturated rings. The summed E-state index contributed by atoms with van der Waals surface area (Å²) in [6.45, 7) is 6.86. The van der Waals surface area contributed by atoms with Crippen LogP contribution in [0.5, 0.6) is 0 Å². The summed E-state index contributed by atoms with van der Waals surface area (Å²) in [6, 6.07) is 0. The van der Waals surface area contributed by atoms with E-state index in [0.717, 1.165) is 6.42 Å². The Morgan fingerprint density at radius 3 is 2.53 bits per heavy atom. The first-order chi connectivity index (χ1) is 7.10. The SMILES string of the molecule is CCCCC(CC)CO[C@H](C)CC(=O)O. The zero-order chi connectivity index (χ0) is 11.7. The van der Waals surface area contributed by atoms with Gasteiger partial charge in [-0.2, -0.15) is 0 Å². The van der Waals surface area contributed by atoms with Crippen LogP contribution in [0.2, 0.25) is 0 Å². The van der Waals surface area contributed by atoms with E-state index in [1.54, 1.807) is 0 Å². The van der Waals surface area contributed by atoms with Gasteiger partial charge in [0.05, 0.1) is 12.5 Å². The molecular weight excluding hydrogens is 192 g/mol. The Morgan fingerprint density at radius 1 is 1.40 bits per heavy atom. The molecule has 0 aromatic carbocycles. The summed E-state index contributed by atoms with van der Waals surface area (Å²) < 4.78 is 5.52. The van der Waals surface area contributed by atoms with Crippen molar-refractivity contribution in [2.45, 2.75) is 59.0 Å². The van der Waals surface area contributed by atoms with Crippen molar-refractivity contribution in [1.29, 1.82) is 0 Å². The van der Waals surface area contributed by atoms with Crippen molar-refractivity contribution >= 4 is 5.97 Å². The third kappa shape index (κ3) is 8.43. The molecule has 3 heteroatoms. The Morgan fingerprint density at radius 2 is 2.07 bits per heavy atom. The monoisotopic (exact) mass is 216 g/mol. The van der Waals surface area contributed by atoms with Crippen LogP contribution >= 0.6 is 0 Å². The third-order valence-corrected chi connectivity index (χ3v) is 2.62. The van der Waals surface area contributed by atoms with Gasteiger partial charge in [0.2, 0.25) is 0 Å². The fraction of sp³-hybridized carbons (Fsp3) is 0.917. The fourth-order valence-corrected chi connectivity index (χ4v) is 1.50. The van der Waals surface area contributed by atoms with E-state index in [-0.39, 0.29) is 12.5 Å². The fourth-order valence-electron chi connectivity index (χ4n) is 1.50. The number of carboxylic acid groups (broad SMARTS) is 1. The lowest BCUT2D eigenvalue weighted by Gasteiger charge is -2.17. The second-order valence-electron chi connectivity index (χ2n) is 4.16. The van der Waals surface area contributed by atoms with Crippen molar-refractivity contribution in [3.63, 3.8) is 0 Å². The van der Waals surface area contributed by atoms with Gasteiger partial charge in [-0.25, -0.2) is 0 Å². The van der Waals surface area contributed by atoms with E-state index in [1.807, 2.05) is 6.92 Å². The van der Waals surface area contributed by atoms with Gasteiger partial charge < -0.3 is 9.84 Å². The molecule has 0 aliphatic heterocycles. The molecule has 1 unspecified atom stereocenters. The first-order valence-electron chi connectivity index (χ1n) is 5.93. The highest BCUT2D eigenvalue weighted by Gasteiger charge is 2.11. The molecule has 3 nitrogen and oxygen atoms in total. The molecule has 0 aliphatic rings. The van der Waals surface area contributed by atoms with Crippen molar-refractivity contribution in [2.75, 3.05) is 6.61 Å². The number of aliphatic carboxylic acids is 1. The lowest BCUT2D eigenvalue weighted by atomic mass is 10.0. The van der Waals surface area contributed by atoms with Gasteiger partial charge in [-0.15, -0.1) is 0 Å². The van der Waals surface area contributed by atoms with Crippen molar-refractivity contribution in [3.05, 3.63) is 0 Å². The normalized spacial score (nSPS) is 14.9. The molecule has 0 amide bonds. The van der Waals surface area contributed by atoms with Crippen LogP contribution in [0.3, 0.4) is 0 Å². The van der Waals surface area contributed by atoms with Gasteiger partial charge in [0, 0.05) is 6.61 Å². The smallest absolute Gasteiger partial charge is 0.305 e. The summed E-state index contributed by atoms with van der Waals surface area (Å²) in [6.07, 6.45) is 4.67. The average molecular weight is 216 g/mol. The van der Waals surface area contributed by atoms with Gasteiger partial charge in [-0.3, -0.25) is 4.79 Å². The first kappa shape index (κ1) is 14.4. The Hall–Kier alpha value is -0.570. The number of carbonyl (C=O) groups is 1. The number of hydrogen-bond acceptors (Lipinski definition) is 2. The number of rotatable bonds is 9. The molecule has 0 spiro atoms. The third-order valence-electron chi connectivity index (χ3n) is 2.62. The molecule has 0 saturated carbocycles. The number of hydrogen-bond donors (Lipinski definition) is 1. The molecular formula is C12H24O3. The van der Waals surface area contributed by atoms with Crippen LogP contribution in [0.25, 0.3) is 0 Å². The summed E-state index contributed by atoms with van der Waals surface area (Å²) in [4.78, 5) is 10.4. The standard InChI is InChI=1S/C12H24O3/c1-4-6-7-11(5-2)9-15-10(3)8-12(13)14/h10-11H,4-9H2,1-3H3,(H,13,14)/t10-,11?/m1/s1. The van der Waals surface area contributed by atoms with Crippen molar-refractivity contribution in [1.82, 2.24) is 0 Å². The average Bonchev–Trinajstić information content (AvgIpc) is 2.17. The summed E-state index contributed by atoms with van der Waals surface area (Å²) in [7, 11) is 0. The Bertz CT molecular complexity index is 168. The maximum atomic E-state index is 10.4. The molecule has 0 bridgehead atoms. The second kappa shape index (κ2) is 8.72. The molecule has 0 aromatic rings. The number of unbranched alkanes of at least 4 members (excludes halogenated alkanes) is 1. The quantitative estimate of drug-likeness (QED) is 0.644. The largest absolute Gasteiger partial charge is 0.481 e. The lowest BCUT2D eigenvalue weighted by Crippen LogP contribution is -2.18. The van der Waals surface area contributed by atoms with Crippen LogP contribution in [-0.4, -0.2) is 23.8 Å². The van der Waals surface area contributed by atoms with E-state index in [9.17, 15) is 4.79 Å². The van der Waals surface area contributed by atoms with Crippen LogP contribution in [0.15, 0.2) is 0 Å². The van der Waals surface area contributed by atoms with Gasteiger partial charge in [-0.1, -0.05) is 33.1 Å². The zero-order valence-corrected chi connectivity index (χ0v) is 10.2. The van der Waals surface area contributed by atoms with Crippen molar-refractivity contribution in [2.24, 2.45) is 5.92 Å². The first-order valence-corrected chi connectivity index (χ1v) is 5.93. The Kier molecular flexibility index (Phi) is 8.38. The van der Waals surface area contributed by atoms with Gasteiger partial charge in [-0.05, 0) is 19.3 Å². The molecule has 0 aromatic heterocycles. The van der Waals surface area contributed by atoms with Gasteiger partial charge in [0.15, 0.2) is 0 Å². The predicted molar refractivity (Wildman–Crippen MR) is 61.0 cm³/mol. The van der Waals surface area contributed by atoms with Crippen molar-refractivity contribution < 1.29 is 14.6 Å². The molecule has 0 heterocycles. The number of ether oxygens (including phenoxy) is 1. The molecule has 0 radical (unpaired) electrons. The van der Waals surface area contributed by atoms with E-state index < -0.39 is 5.97 Å². The molecule has 2 atom stereocenters. The van der Waals surface area contributed by atoms with Crippen LogP contribution in [0, 0.1) is 5.92 Å². The van der Waals surface area contributed by atoms with Gasteiger partial charge in [0.1, 0.15) is 0 Å². The Balaban J connectivity index is 3.64. The molecule has 0 aliphatic carbocycles. The van der Waals surface area contributed by atoms with E-state index in [2.05, 4.69) is 13.8 Å². The van der Waals surface area contributed by atoms with Crippen LogP contribution in [0.4, 0.5) is 0 Å². The highest BCUT2D eigenvalue weighted by atomic mass is 16.5. The maximum absolute atomic E-state index is 10.4. The topological polar surface area (TPSA) is 46.5 Å². The second-order valence-corrected chi connectivity index (χ2v) is 4.16. The highest BCUT2D eigenvalue weighted by molar-refractivity contribution is 5.67. The van der Waals surface area contributed by atoms with E-state index in [1.165, 1.54) is 19.3 Å². The minimum atomic E-state index is -0.788. The van der Waals surface area contributed by atoms with Crippen molar-refractivity contribution in [3.8, 4) is 0 Å². The highest BCUT2D eigenvalue weighted by Crippen LogP contribution is 2.14. The molecule has 0 saturated heterocycles. The van der Waals surface area contributed by atoms with Crippen LogP contribution in [-0.2, 0) is 9.53 Å². The Labute approximate surface area is 92.8 Å². The van der Waals surface area contributed by atoms with Crippen LogP contribution < -0.4 is 0 Å². The van der Waals surface area contributed by atoms with E-state index in [4.69, 9.17) is 9.84 Å². The predicted octanol–water partition coefficient (Wildman–Crippen LogP) is 3.08. The molecule has 0 rings (SSSR count). The van der Waals surface area contributed by atoms with Crippen LogP contribution in [0.1, 0.15) is 52.9 Å². The van der Waals surface area contributed by atoms with Gasteiger partial charge in [0.25, 0.3) is 0 Å². The molecule has 90 valence electrons.